The van der Waals surface area contributed by atoms with Crippen molar-refractivity contribution in [3.8, 4) is 6.07 Å². The highest BCUT2D eigenvalue weighted by Crippen LogP contribution is 2.71. The van der Waals surface area contributed by atoms with E-state index in [1.54, 1.807) is 62.4 Å². The summed E-state index contributed by atoms with van der Waals surface area (Å²) in [6, 6.07) is 14.2. The molecule has 1 amide bonds. The van der Waals surface area contributed by atoms with Crippen LogP contribution in [0.5, 0.6) is 0 Å². The smallest absolute Gasteiger partial charge is 0.360 e. The van der Waals surface area contributed by atoms with E-state index in [0.717, 1.165) is 0 Å². The number of sulfonamides is 1. The number of amidine groups is 1. The van der Waals surface area contributed by atoms with E-state index < -0.39 is 57.6 Å². The number of hydrogen-bond donors (Lipinski definition) is 2. The van der Waals surface area contributed by atoms with Gasteiger partial charge in [-0.1, -0.05) is 35.9 Å². The van der Waals surface area contributed by atoms with E-state index >= 15 is 0 Å². The second-order valence-electron chi connectivity index (χ2n) is 11.6. The lowest BCUT2D eigenvalue weighted by molar-refractivity contribution is -0.151. The Balaban J connectivity index is 1.36. The minimum atomic E-state index is -4.37. The fourth-order valence-corrected chi connectivity index (χ4v) is 8.12. The van der Waals surface area contributed by atoms with Gasteiger partial charge in [0.1, 0.15) is 17.9 Å². The van der Waals surface area contributed by atoms with E-state index in [1.165, 1.54) is 4.31 Å². The van der Waals surface area contributed by atoms with Crippen molar-refractivity contribution in [2.45, 2.75) is 74.3 Å². The molecule has 1 aliphatic heterocycles. The Labute approximate surface area is 241 Å². The van der Waals surface area contributed by atoms with E-state index in [1.807, 2.05) is 6.07 Å². The van der Waals surface area contributed by atoms with Crippen LogP contribution >= 0.6 is 11.6 Å². The molecular weight excluding hydrogens is 579 g/mol. The number of carbonyl (C=O) groups excluding carboxylic acids is 1. The lowest BCUT2D eigenvalue weighted by atomic mass is 9.38. The Morgan fingerprint density at radius 1 is 1.20 bits per heavy atom. The minimum Gasteiger partial charge on any atom is -0.360 e. The summed E-state index contributed by atoms with van der Waals surface area (Å²) in [7, 11) is -3.93. The maximum Gasteiger partial charge on any atom is 0.390 e. The zero-order valence-electron chi connectivity index (χ0n) is 22.4. The summed E-state index contributed by atoms with van der Waals surface area (Å²) in [5.74, 6) is 0.0132. The van der Waals surface area contributed by atoms with Crippen LogP contribution in [-0.4, -0.2) is 54.3 Å². The summed E-state index contributed by atoms with van der Waals surface area (Å²) in [6.45, 7) is 2.99. The molecule has 2 aromatic rings. The molecule has 13 heteroatoms. The molecule has 3 fully saturated rings. The van der Waals surface area contributed by atoms with E-state index in [4.69, 9.17) is 16.6 Å². The first-order chi connectivity index (χ1) is 19.1. The standard InChI is InChI=1S/C28H29ClF3N5O3S/c1-25(2)22(23(38)34-11-10-28(30,31)32)35-24(36-25)26-15-27(16-26,17-26)37(41(39,40)20-6-4-3-5-7-20)14-18-8-9-21(29)19(12-18)13-33/h3-9,12,22H,10-11,14-17H2,1-2H3,(H,34,38)(H,35,36)/t22-,26?,27?/m0/s1. The number of carbonyl (C=O) groups is 1. The first-order valence-electron chi connectivity index (χ1n) is 13.1. The fourth-order valence-electron chi connectivity index (χ4n) is 6.19. The van der Waals surface area contributed by atoms with E-state index in [-0.39, 0.29) is 22.0 Å². The van der Waals surface area contributed by atoms with Crippen molar-refractivity contribution in [1.82, 2.24) is 14.9 Å². The lowest BCUT2D eigenvalue weighted by Gasteiger charge is -2.72. The van der Waals surface area contributed by atoms with Gasteiger partial charge in [0.15, 0.2) is 0 Å². The highest BCUT2D eigenvalue weighted by molar-refractivity contribution is 7.89. The Hall–Kier alpha value is -3.14. The second-order valence-corrected chi connectivity index (χ2v) is 13.9. The van der Waals surface area contributed by atoms with Crippen LogP contribution in [0.15, 0.2) is 58.4 Å². The fraction of sp³-hybridized carbons (Fsp3) is 0.464. The predicted molar refractivity (Wildman–Crippen MR) is 146 cm³/mol. The predicted octanol–water partition coefficient (Wildman–Crippen LogP) is 4.54. The number of nitriles is 1. The minimum absolute atomic E-state index is 0.0365. The van der Waals surface area contributed by atoms with Gasteiger partial charge < -0.3 is 10.6 Å². The molecule has 0 spiro atoms. The quantitative estimate of drug-likeness (QED) is 0.434. The number of hydrogen-bond acceptors (Lipinski definition) is 6. The normalized spacial score (nSPS) is 26.3. The molecule has 2 N–H and O–H groups in total. The largest absolute Gasteiger partial charge is 0.390 e. The first kappa shape index (κ1) is 29.4. The molecule has 0 saturated heterocycles. The molecule has 3 saturated carbocycles. The Morgan fingerprint density at radius 3 is 2.46 bits per heavy atom. The van der Waals surface area contributed by atoms with Gasteiger partial charge >= 0.3 is 6.18 Å². The molecule has 0 radical (unpaired) electrons. The molecule has 41 heavy (non-hydrogen) atoms. The third-order valence-corrected chi connectivity index (χ3v) is 10.5. The zero-order chi connectivity index (χ0) is 29.8. The summed E-state index contributed by atoms with van der Waals surface area (Å²) < 4.78 is 67.0. The van der Waals surface area contributed by atoms with Crippen molar-refractivity contribution in [2.75, 3.05) is 6.54 Å². The van der Waals surface area contributed by atoms with Gasteiger partial charge in [0.05, 0.1) is 27.4 Å². The average Bonchev–Trinajstić information content (AvgIpc) is 3.17. The molecule has 0 unspecified atom stereocenters. The molecule has 3 aliphatic carbocycles. The number of nitrogens with zero attached hydrogens (tertiary/aromatic N) is 3. The summed E-state index contributed by atoms with van der Waals surface area (Å²) in [4.78, 5) is 17.6. The number of rotatable bonds is 9. The van der Waals surface area contributed by atoms with Crippen LogP contribution < -0.4 is 10.6 Å². The number of aliphatic imine (C=N–C) groups is 1. The van der Waals surface area contributed by atoms with E-state index in [2.05, 4.69) is 10.6 Å². The van der Waals surface area contributed by atoms with Crippen molar-refractivity contribution in [2.24, 2.45) is 10.4 Å². The SMILES string of the molecule is CC1(C)N=C(C23CC(N(Cc4ccc(Cl)c(C#N)c4)S(=O)(=O)c4ccccc4)(C2)C3)N[C@H]1C(=O)NCCC(F)(F)F. The Bertz CT molecular complexity index is 1530. The van der Waals surface area contributed by atoms with Crippen molar-refractivity contribution in [1.29, 1.82) is 5.26 Å². The molecule has 0 aromatic heterocycles. The Morgan fingerprint density at radius 2 is 1.85 bits per heavy atom. The molecule has 218 valence electrons. The van der Waals surface area contributed by atoms with Crippen LogP contribution in [0, 0.1) is 16.7 Å². The maximum atomic E-state index is 13.9. The number of nitrogens with one attached hydrogen (secondary N) is 2. The molecule has 6 rings (SSSR count). The summed E-state index contributed by atoms with van der Waals surface area (Å²) in [5, 5.41) is 15.2. The van der Waals surface area contributed by atoms with Crippen LogP contribution in [-0.2, 0) is 21.4 Å². The van der Waals surface area contributed by atoms with Gasteiger partial charge in [0.2, 0.25) is 15.9 Å². The van der Waals surface area contributed by atoms with Crippen LogP contribution in [0.25, 0.3) is 0 Å². The van der Waals surface area contributed by atoms with Crippen molar-refractivity contribution < 1.29 is 26.4 Å². The molecule has 1 atom stereocenters. The van der Waals surface area contributed by atoms with Crippen LogP contribution in [0.2, 0.25) is 5.02 Å². The maximum absolute atomic E-state index is 13.9. The molecule has 8 nitrogen and oxygen atoms in total. The van der Waals surface area contributed by atoms with Crippen molar-refractivity contribution >= 4 is 33.4 Å². The van der Waals surface area contributed by atoms with Crippen LogP contribution in [0.1, 0.15) is 50.7 Å². The topological polar surface area (TPSA) is 115 Å². The van der Waals surface area contributed by atoms with Gasteiger partial charge in [-0.25, -0.2) is 8.42 Å². The molecular formula is C28H29ClF3N5O3S. The second kappa shape index (κ2) is 10.00. The van der Waals surface area contributed by atoms with Gasteiger partial charge in [-0.2, -0.15) is 22.7 Å². The van der Waals surface area contributed by atoms with E-state index in [0.29, 0.717) is 30.7 Å². The number of amides is 1. The average molecular weight is 608 g/mol. The lowest BCUT2D eigenvalue weighted by Crippen LogP contribution is -2.78. The summed E-state index contributed by atoms with van der Waals surface area (Å²) in [5.41, 5.74) is -1.17. The first-order valence-corrected chi connectivity index (χ1v) is 14.9. The molecule has 4 aliphatic rings. The number of benzene rings is 2. The van der Waals surface area contributed by atoms with Gasteiger partial charge in [-0.05, 0) is 62.9 Å². The van der Waals surface area contributed by atoms with Gasteiger partial charge in [-0.15, -0.1) is 0 Å². The number of halogens is 4. The van der Waals surface area contributed by atoms with Gasteiger partial charge in [0.25, 0.3) is 0 Å². The third kappa shape index (κ3) is 5.31. The molecule has 2 aromatic carbocycles. The van der Waals surface area contributed by atoms with Gasteiger partial charge in [-0.3, -0.25) is 9.79 Å². The molecule has 2 bridgehead atoms. The van der Waals surface area contributed by atoms with Crippen molar-refractivity contribution in [3.63, 3.8) is 0 Å². The zero-order valence-corrected chi connectivity index (χ0v) is 24.0. The van der Waals surface area contributed by atoms with Crippen LogP contribution in [0.4, 0.5) is 13.2 Å². The third-order valence-electron chi connectivity index (χ3n) is 8.20. The van der Waals surface area contributed by atoms with Crippen molar-refractivity contribution in [3.05, 3.63) is 64.7 Å². The summed E-state index contributed by atoms with van der Waals surface area (Å²) >= 11 is 6.10. The Kier molecular flexibility index (Phi) is 7.16. The number of alkyl halides is 3. The van der Waals surface area contributed by atoms with Crippen LogP contribution in [0.3, 0.4) is 0 Å². The molecule has 1 heterocycles. The monoisotopic (exact) mass is 607 g/mol. The highest BCUT2D eigenvalue weighted by Gasteiger charge is 2.75. The highest BCUT2D eigenvalue weighted by atomic mass is 35.5. The summed E-state index contributed by atoms with van der Waals surface area (Å²) in [6.07, 6.45) is -4.09. The van der Waals surface area contributed by atoms with Gasteiger partial charge in [0, 0.05) is 24.0 Å². The van der Waals surface area contributed by atoms with E-state index in [9.17, 15) is 31.6 Å².